The fourth-order valence-corrected chi connectivity index (χ4v) is 4.73. The monoisotopic (exact) mass is 396 g/mol. The summed E-state index contributed by atoms with van der Waals surface area (Å²) in [4.78, 5) is 3.29. The van der Waals surface area contributed by atoms with Crippen molar-refractivity contribution in [2.45, 2.75) is 32.1 Å². The van der Waals surface area contributed by atoms with Gasteiger partial charge in [-0.1, -0.05) is 44.2 Å². The number of H-pyrrole nitrogens is 1. The number of anilines is 1. The Balaban J connectivity index is 1.93. The first-order valence-corrected chi connectivity index (χ1v) is 11.3. The summed E-state index contributed by atoms with van der Waals surface area (Å²) in [5.74, 6) is 0.932. The van der Waals surface area contributed by atoms with Crippen LogP contribution in [0.15, 0.2) is 59.1 Å². The lowest BCUT2D eigenvalue weighted by atomic mass is 9.73. The summed E-state index contributed by atoms with van der Waals surface area (Å²) in [6.07, 6.45) is 4.87. The molecule has 6 heteroatoms. The van der Waals surface area contributed by atoms with Gasteiger partial charge < -0.3 is 9.40 Å². The second-order valence-corrected chi connectivity index (χ2v) is 8.99. The lowest BCUT2D eigenvalue weighted by Gasteiger charge is -2.29. The average molecular weight is 397 g/mol. The largest absolute Gasteiger partial charge is 0.460 e. The van der Waals surface area contributed by atoms with Gasteiger partial charge in [-0.3, -0.25) is 4.72 Å². The van der Waals surface area contributed by atoms with Crippen LogP contribution in [0.2, 0.25) is 0 Å². The van der Waals surface area contributed by atoms with Gasteiger partial charge in [0.25, 0.3) is 0 Å². The Bertz CT molecular complexity index is 1210. The molecule has 0 aliphatic heterocycles. The van der Waals surface area contributed by atoms with Crippen molar-refractivity contribution in [3.8, 4) is 0 Å². The number of nitrogens with one attached hydrogen (secondary N) is 2. The summed E-state index contributed by atoms with van der Waals surface area (Å²) in [7, 11) is -3.36. The van der Waals surface area contributed by atoms with Crippen molar-refractivity contribution in [1.29, 1.82) is 0 Å². The number of furan rings is 1. The van der Waals surface area contributed by atoms with Crippen LogP contribution in [0.5, 0.6) is 0 Å². The molecule has 0 bridgehead atoms. The van der Waals surface area contributed by atoms with Gasteiger partial charge in [-0.15, -0.1) is 0 Å². The minimum absolute atomic E-state index is 0.305. The molecule has 2 heterocycles. The summed E-state index contributed by atoms with van der Waals surface area (Å²) < 4.78 is 32.4. The van der Waals surface area contributed by atoms with Gasteiger partial charge in [0, 0.05) is 17.0 Å². The maximum Gasteiger partial charge on any atom is 0.229 e. The number of hydrogen-bond donors (Lipinski definition) is 2. The predicted octanol–water partition coefficient (Wildman–Crippen LogP) is 5.39. The molecule has 0 aliphatic carbocycles. The molecule has 0 fully saturated rings. The number of aromatic amines is 1. The molecule has 0 amide bonds. The summed E-state index contributed by atoms with van der Waals surface area (Å²) in [6.45, 7) is 4.32. The zero-order valence-electron chi connectivity index (χ0n) is 16.2. The van der Waals surface area contributed by atoms with Gasteiger partial charge >= 0.3 is 0 Å². The Morgan fingerprint density at radius 2 is 1.82 bits per heavy atom. The highest BCUT2D eigenvalue weighted by molar-refractivity contribution is 7.92. The zero-order valence-corrected chi connectivity index (χ0v) is 17.1. The normalized spacial score (nSPS) is 12.7. The first kappa shape index (κ1) is 18.6. The van der Waals surface area contributed by atoms with Crippen LogP contribution in [0, 0.1) is 0 Å². The maximum atomic E-state index is 11.7. The third kappa shape index (κ3) is 2.98. The number of rotatable bonds is 6. The number of para-hydroxylation sites is 2. The van der Waals surface area contributed by atoms with E-state index >= 15 is 0 Å². The van der Waals surface area contributed by atoms with Crippen LogP contribution in [0.1, 0.15) is 38.0 Å². The van der Waals surface area contributed by atoms with E-state index in [4.69, 9.17) is 4.42 Å². The Labute approximate surface area is 164 Å². The highest BCUT2D eigenvalue weighted by Crippen LogP contribution is 2.44. The molecule has 0 aliphatic rings. The molecule has 5 nitrogen and oxygen atoms in total. The first-order chi connectivity index (χ1) is 13.4. The SMILES string of the molecule is CCC(CC)(c1cc2ccccc2o1)c1c[nH]c2c(NS(C)(=O)=O)cccc12. The minimum atomic E-state index is -3.36. The molecule has 2 N–H and O–H groups in total. The number of benzene rings is 2. The first-order valence-electron chi connectivity index (χ1n) is 9.45. The maximum absolute atomic E-state index is 11.7. The molecule has 2 aromatic carbocycles. The smallest absolute Gasteiger partial charge is 0.229 e. The second kappa shape index (κ2) is 6.71. The molecule has 28 heavy (non-hydrogen) atoms. The molecule has 0 saturated carbocycles. The van der Waals surface area contributed by atoms with Gasteiger partial charge in [0.15, 0.2) is 0 Å². The van der Waals surface area contributed by atoms with Crippen LogP contribution in [0.25, 0.3) is 21.9 Å². The molecule has 0 radical (unpaired) electrons. The molecule has 0 spiro atoms. The topological polar surface area (TPSA) is 75.1 Å². The van der Waals surface area contributed by atoms with E-state index in [-0.39, 0.29) is 5.41 Å². The van der Waals surface area contributed by atoms with Crippen LogP contribution in [-0.2, 0) is 15.4 Å². The van der Waals surface area contributed by atoms with Crippen molar-refractivity contribution in [2.75, 3.05) is 11.0 Å². The van der Waals surface area contributed by atoms with E-state index in [9.17, 15) is 8.42 Å². The van der Waals surface area contributed by atoms with Crippen molar-refractivity contribution in [3.63, 3.8) is 0 Å². The molecule has 4 rings (SSSR count). The van der Waals surface area contributed by atoms with Crippen molar-refractivity contribution in [2.24, 2.45) is 0 Å². The van der Waals surface area contributed by atoms with Gasteiger partial charge in [-0.25, -0.2) is 8.42 Å². The summed E-state index contributed by atoms with van der Waals surface area (Å²) >= 11 is 0. The van der Waals surface area contributed by atoms with Crippen LogP contribution < -0.4 is 4.72 Å². The fraction of sp³-hybridized carbons (Fsp3) is 0.273. The van der Waals surface area contributed by atoms with E-state index in [1.807, 2.05) is 36.5 Å². The summed E-state index contributed by atoms with van der Waals surface area (Å²) in [5.41, 5.74) is 3.02. The third-order valence-corrected chi connectivity index (χ3v) is 6.22. The molecule has 0 atom stereocenters. The van der Waals surface area contributed by atoms with Gasteiger partial charge in [0.2, 0.25) is 10.0 Å². The Kier molecular flexibility index (Phi) is 4.46. The molecule has 4 aromatic rings. The number of aromatic nitrogens is 1. The van der Waals surface area contributed by atoms with Crippen LogP contribution >= 0.6 is 0 Å². The van der Waals surface area contributed by atoms with Crippen molar-refractivity contribution < 1.29 is 12.8 Å². The summed E-state index contributed by atoms with van der Waals surface area (Å²) in [6, 6.07) is 15.8. The highest BCUT2D eigenvalue weighted by Gasteiger charge is 2.36. The van der Waals surface area contributed by atoms with E-state index in [2.05, 4.69) is 35.7 Å². The Hall–Kier alpha value is -2.73. The minimum Gasteiger partial charge on any atom is -0.460 e. The van der Waals surface area contributed by atoms with Gasteiger partial charge in [0.1, 0.15) is 11.3 Å². The number of fused-ring (bicyclic) bond motifs is 2. The van der Waals surface area contributed by atoms with E-state index in [0.717, 1.165) is 52.3 Å². The van der Waals surface area contributed by atoms with Crippen molar-refractivity contribution in [1.82, 2.24) is 4.98 Å². The molecule has 0 unspecified atom stereocenters. The third-order valence-electron chi connectivity index (χ3n) is 5.63. The number of hydrogen-bond acceptors (Lipinski definition) is 3. The standard InChI is InChI=1S/C22H24N2O3S/c1-4-22(5-2,20-13-15-9-6-7-12-19(15)27-20)17-14-23-21-16(17)10-8-11-18(21)24-28(3,25)26/h6-14,23-24H,4-5H2,1-3H3. The Morgan fingerprint density at radius 1 is 1.07 bits per heavy atom. The van der Waals surface area contributed by atoms with Crippen LogP contribution in [0.3, 0.4) is 0 Å². The van der Waals surface area contributed by atoms with E-state index < -0.39 is 10.0 Å². The molecular formula is C22H24N2O3S. The van der Waals surface area contributed by atoms with Crippen molar-refractivity contribution >= 4 is 37.6 Å². The number of sulfonamides is 1. The van der Waals surface area contributed by atoms with E-state index in [1.54, 1.807) is 6.07 Å². The molecular weight excluding hydrogens is 372 g/mol. The second-order valence-electron chi connectivity index (χ2n) is 7.24. The Morgan fingerprint density at radius 3 is 2.50 bits per heavy atom. The van der Waals surface area contributed by atoms with E-state index in [1.165, 1.54) is 0 Å². The summed E-state index contributed by atoms with van der Waals surface area (Å²) in [5, 5.41) is 2.08. The van der Waals surface area contributed by atoms with E-state index in [0.29, 0.717) is 5.69 Å². The molecule has 146 valence electrons. The van der Waals surface area contributed by atoms with Gasteiger partial charge in [0.05, 0.1) is 22.9 Å². The predicted molar refractivity (Wildman–Crippen MR) is 114 cm³/mol. The van der Waals surface area contributed by atoms with Gasteiger partial charge in [-0.2, -0.15) is 0 Å². The molecule has 0 saturated heterocycles. The average Bonchev–Trinajstić information content (AvgIpc) is 3.28. The lowest BCUT2D eigenvalue weighted by Crippen LogP contribution is -2.25. The van der Waals surface area contributed by atoms with Crippen molar-refractivity contribution in [3.05, 3.63) is 66.1 Å². The fourth-order valence-electron chi connectivity index (χ4n) is 4.16. The molecule has 2 aromatic heterocycles. The van der Waals surface area contributed by atoms with Crippen LogP contribution in [-0.4, -0.2) is 19.7 Å². The van der Waals surface area contributed by atoms with Gasteiger partial charge in [-0.05, 0) is 36.6 Å². The van der Waals surface area contributed by atoms with Crippen LogP contribution in [0.4, 0.5) is 5.69 Å². The zero-order chi connectivity index (χ0) is 19.9. The quantitative estimate of drug-likeness (QED) is 0.459. The highest BCUT2D eigenvalue weighted by atomic mass is 32.2. The lowest BCUT2D eigenvalue weighted by molar-refractivity contribution is 0.381.